The van der Waals surface area contributed by atoms with Crippen LogP contribution >= 0.6 is 0 Å². The van der Waals surface area contributed by atoms with Crippen LogP contribution in [0.5, 0.6) is 0 Å². The summed E-state index contributed by atoms with van der Waals surface area (Å²) in [6, 6.07) is 10.8. The van der Waals surface area contributed by atoms with E-state index in [9.17, 15) is 4.79 Å². The molecular formula is C21H27N3O. The monoisotopic (exact) mass is 337 g/mol. The molecule has 1 saturated heterocycles. The van der Waals surface area contributed by atoms with Gasteiger partial charge in [-0.15, -0.1) is 0 Å². The van der Waals surface area contributed by atoms with E-state index in [-0.39, 0.29) is 11.9 Å². The second-order valence-electron chi connectivity index (χ2n) is 6.89. The van der Waals surface area contributed by atoms with Crippen LogP contribution in [0.25, 0.3) is 11.1 Å². The molecule has 1 amide bonds. The third-order valence-corrected chi connectivity index (χ3v) is 5.10. The lowest BCUT2D eigenvalue weighted by molar-refractivity contribution is 0.0929. The number of nitrogens with one attached hydrogen (secondary N) is 2. The molecule has 4 nitrogen and oxygen atoms in total. The van der Waals surface area contributed by atoms with Gasteiger partial charge < -0.3 is 10.6 Å². The van der Waals surface area contributed by atoms with Crippen molar-refractivity contribution in [3.8, 4) is 11.1 Å². The Balaban J connectivity index is 1.73. The number of piperidine rings is 1. The van der Waals surface area contributed by atoms with E-state index in [0.717, 1.165) is 43.5 Å². The summed E-state index contributed by atoms with van der Waals surface area (Å²) < 4.78 is 0. The fourth-order valence-electron chi connectivity index (χ4n) is 3.20. The Morgan fingerprint density at radius 1 is 1.20 bits per heavy atom. The number of carbonyl (C=O) groups is 1. The molecule has 2 heterocycles. The van der Waals surface area contributed by atoms with Crippen LogP contribution in [-0.4, -0.2) is 30.0 Å². The fourth-order valence-corrected chi connectivity index (χ4v) is 3.20. The van der Waals surface area contributed by atoms with Crippen molar-refractivity contribution >= 4 is 5.91 Å². The van der Waals surface area contributed by atoms with Gasteiger partial charge in [-0.05, 0) is 55.5 Å². The third-order valence-electron chi connectivity index (χ3n) is 5.10. The minimum Gasteiger partial charge on any atom is -0.349 e. The first-order valence-electron chi connectivity index (χ1n) is 9.24. The van der Waals surface area contributed by atoms with Crippen LogP contribution in [0, 0.1) is 0 Å². The lowest BCUT2D eigenvalue weighted by Gasteiger charge is -2.23. The molecule has 0 aliphatic carbocycles. The molecule has 2 aromatic rings. The topological polar surface area (TPSA) is 54.0 Å². The van der Waals surface area contributed by atoms with E-state index < -0.39 is 0 Å². The molecule has 2 N–H and O–H groups in total. The molecular weight excluding hydrogens is 310 g/mol. The van der Waals surface area contributed by atoms with Crippen LogP contribution in [-0.2, 0) is 0 Å². The molecule has 1 aromatic heterocycles. The summed E-state index contributed by atoms with van der Waals surface area (Å²) in [5.41, 5.74) is 4.05. The van der Waals surface area contributed by atoms with Gasteiger partial charge in [-0.25, -0.2) is 0 Å². The molecule has 0 radical (unpaired) electrons. The number of rotatable bonds is 5. The van der Waals surface area contributed by atoms with Gasteiger partial charge in [0, 0.05) is 24.0 Å². The number of amides is 1. The second-order valence-corrected chi connectivity index (χ2v) is 6.89. The zero-order valence-electron chi connectivity index (χ0n) is 15.1. The number of benzene rings is 1. The molecule has 0 bridgehead atoms. The Morgan fingerprint density at radius 3 is 2.60 bits per heavy atom. The molecule has 0 saturated carbocycles. The van der Waals surface area contributed by atoms with Crippen LogP contribution in [0.3, 0.4) is 0 Å². The van der Waals surface area contributed by atoms with E-state index in [0.29, 0.717) is 11.5 Å². The number of carbonyl (C=O) groups excluding carboxylic acids is 1. The largest absolute Gasteiger partial charge is 0.349 e. The molecule has 132 valence electrons. The minimum atomic E-state index is -0.0301. The average molecular weight is 337 g/mol. The maximum atomic E-state index is 12.5. The normalized spacial score (nSPS) is 16.4. The standard InChI is InChI=1S/C21H27N3O/c1-3-15(2)16-4-6-17(7-5-16)18-12-19(14-23-13-18)21(25)24-20-8-10-22-11-9-20/h4-7,12-15,20,22H,3,8-11H2,1-2H3,(H,24,25). The number of aromatic nitrogens is 1. The second kappa shape index (κ2) is 8.26. The maximum absolute atomic E-state index is 12.5. The van der Waals surface area contributed by atoms with Crippen molar-refractivity contribution in [3.63, 3.8) is 0 Å². The molecule has 4 heteroatoms. The highest BCUT2D eigenvalue weighted by Gasteiger charge is 2.17. The first kappa shape index (κ1) is 17.6. The summed E-state index contributed by atoms with van der Waals surface area (Å²) in [4.78, 5) is 16.8. The molecule has 1 aliphatic rings. The van der Waals surface area contributed by atoms with E-state index in [1.165, 1.54) is 5.56 Å². The van der Waals surface area contributed by atoms with E-state index in [2.05, 4.69) is 53.7 Å². The Kier molecular flexibility index (Phi) is 5.82. The van der Waals surface area contributed by atoms with Gasteiger partial charge in [-0.2, -0.15) is 0 Å². The predicted octanol–water partition coefficient (Wildman–Crippen LogP) is 3.74. The molecule has 1 atom stereocenters. The van der Waals surface area contributed by atoms with Crippen molar-refractivity contribution < 1.29 is 4.79 Å². The Morgan fingerprint density at radius 2 is 1.92 bits per heavy atom. The van der Waals surface area contributed by atoms with Crippen molar-refractivity contribution in [2.75, 3.05) is 13.1 Å². The summed E-state index contributed by atoms with van der Waals surface area (Å²) in [7, 11) is 0. The van der Waals surface area contributed by atoms with Gasteiger partial charge in [0.25, 0.3) is 5.91 Å². The van der Waals surface area contributed by atoms with Crippen LogP contribution in [0.1, 0.15) is 54.9 Å². The summed E-state index contributed by atoms with van der Waals surface area (Å²) in [6.07, 6.45) is 6.56. The minimum absolute atomic E-state index is 0.0301. The third kappa shape index (κ3) is 4.45. The van der Waals surface area contributed by atoms with E-state index in [4.69, 9.17) is 0 Å². The highest BCUT2D eigenvalue weighted by atomic mass is 16.1. The molecule has 1 aromatic carbocycles. The van der Waals surface area contributed by atoms with Gasteiger partial charge in [0.05, 0.1) is 5.56 Å². The first-order valence-corrected chi connectivity index (χ1v) is 9.24. The van der Waals surface area contributed by atoms with E-state index in [1.54, 1.807) is 6.20 Å². The Bertz CT molecular complexity index is 705. The number of nitrogens with zero attached hydrogens (tertiary/aromatic N) is 1. The van der Waals surface area contributed by atoms with Crippen molar-refractivity contribution in [1.82, 2.24) is 15.6 Å². The van der Waals surface area contributed by atoms with Gasteiger partial charge >= 0.3 is 0 Å². The van der Waals surface area contributed by atoms with E-state index >= 15 is 0 Å². The molecule has 1 unspecified atom stereocenters. The van der Waals surface area contributed by atoms with Gasteiger partial charge in [-0.1, -0.05) is 38.1 Å². The van der Waals surface area contributed by atoms with E-state index in [1.807, 2.05) is 12.3 Å². The average Bonchev–Trinajstić information content (AvgIpc) is 2.68. The molecule has 0 spiro atoms. The summed E-state index contributed by atoms with van der Waals surface area (Å²) in [5, 5.41) is 6.44. The highest BCUT2D eigenvalue weighted by molar-refractivity contribution is 5.95. The molecule has 3 rings (SSSR count). The van der Waals surface area contributed by atoms with Crippen molar-refractivity contribution in [2.45, 2.75) is 45.1 Å². The van der Waals surface area contributed by atoms with Crippen LogP contribution < -0.4 is 10.6 Å². The smallest absolute Gasteiger partial charge is 0.253 e. The zero-order chi connectivity index (χ0) is 17.6. The Labute approximate surface area is 150 Å². The van der Waals surface area contributed by atoms with Crippen molar-refractivity contribution in [1.29, 1.82) is 0 Å². The number of hydrogen-bond acceptors (Lipinski definition) is 3. The summed E-state index contributed by atoms with van der Waals surface area (Å²) in [5.74, 6) is 0.534. The summed E-state index contributed by atoms with van der Waals surface area (Å²) >= 11 is 0. The summed E-state index contributed by atoms with van der Waals surface area (Å²) in [6.45, 7) is 6.37. The predicted molar refractivity (Wildman–Crippen MR) is 102 cm³/mol. The van der Waals surface area contributed by atoms with Gasteiger partial charge in [0.15, 0.2) is 0 Å². The van der Waals surface area contributed by atoms with Crippen LogP contribution in [0.4, 0.5) is 0 Å². The van der Waals surface area contributed by atoms with Gasteiger partial charge in [0.1, 0.15) is 0 Å². The van der Waals surface area contributed by atoms with Crippen LogP contribution in [0.15, 0.2) is 42.7 Å². The van der Waals surface area contributed by atoms with Gasteiger partial charge in [-0.3, -0.25) is 9.78 Å². The zero-order valence-corrected chi connectivity index (χ0v) is 15.1. The molecule has 1 fully saturated rings. The number of pyridine rings is 1. The lowest BCUT2D eigenvalue weighted by Crippen LogP contribution is -2.42. The van der Waals surface area contributed by atoms with Crippen molar-refractivity contribution in [3.05, 3.63) is 53.9 Å². The highest BCUT2D eigenvalue weighted by Crippen LogP contribution is 2.24. The van der Waals surface area contributed by atoms with Gasteiger partial charge in [0.2, 0.25) is 0 Å². The Hall–Kier alpha value is -2.20. The van der Waals surface area contributed by atoms with Crippen LogP contribution in [0.2, 0.25) is 0 Å². The van der Waals surface area contributed by atoms with Crippen molar-refractivity contribution in [2.24, 2.45) is 0 Å². The number of hydrogen-bond donors (Lipinski definition) is 2. The first-order chi connectivity index (χ1) is 12.2. The molecule has 25 heavy (non-hydrogen) atoms. The fraction of sp³-hybridized carbons (Fsp3) is 0.429. The SMILES string of the molecule is CCC(C)c1ccc(-c2cncc(C(=O)NC3CCNCC3)c2)cc1. The quantitative estimate of drug-likeness (QED) is 0.874. The lowest BCUT2D eigenvalue weighted by atomic mass is 9.96. The maximum Gasteiger partial charge on any atom is 0.253 e. The molecule has 1 aliphatic heterocycles.